The van der Waals surface area contributed by atoms with Gasteiger partial charge in [-0.15, -0.1) is 0 Å². The lowest BCUT2D eigenvalue weighted by Gasteiger charge is -2.29. The topological polar surface area (TPSA) is 84.9 Å². The molecule has 0 saturated carbocycles. The average Bonchev–Trinajstić information content (AvgIpc) is 3.13. The molecule has 1 N–H and O–H groups in total. The lowest BCUT2D eigenvalue weighted by Crippen LogP contribution is -2.54. The second-order valence-corrected chi connectivity index (χ2v) is 7.22. The van der Waals surface area contributed by atoms with Crippen LogP contribution in [0.3, 0.4) is 0 Å². The monoisotopic (exact) mass is 396 g/mol. The summed E-state index contributed by atoms with van der Waals surface area (Å²) in [5, 5.41) is 3.17. The van der Waals surface area contributed by atoms with Gasteiger partial charge in [-0.05, 0) is 36.5 Å². The quantitative estimate of drug-likeness (QED) is 0.747. The van der Waals surface area contributed by atoms with Crippen molar-refractivity contribution in [2.75, 3.05) is 13.7 Å². The van der Waals surface area contributed by atoms with Crippen LogP contribution in [-0.2, 0) is 25.7 Å². The molecule has 2 amide bonds. The summed E-state index contributed by atoms with van der Waals surface area (Å²) in [7, 11) is 1.30. The lowest BCUT2D eigenvalue weighted by molar-refractivity contribution is -0.151. The summed E-state index contributed by atoms with van der Waals surface area (Å²) in [6.45, 7) is 4.15. The number of ether oxygens (including phenoxy) is 2. The molecule has 7 nitrogen and oxygen atoms in total. The molecular weight excluding hydrogens is 372 g/mol. The summed E-state index contributed by atoms with van der Waals surface area (Å²) in [5.41, 5.74) is 0.746. The van der Waals surface area contributed by atoms with Crippen molar-refractivity contribution in [3.8, 4) is 0 Å². The van der Waals surface area contributed by atoms with E-state index in [1.807, 2.05) is 13.8 Å². The zero-order valence-electron chi connectivity index (χ0n) is 15.7. The predicted molar refractivity (Wildman–Crippen MR) is 100 cm³/mol. The van der Waals surface area contributed by atoms with Crippen molar-refractivity contribution in [2.45, 2.75) is 45.4 Å². The molecule has 1 fully saturated rings. The molecule has 0 bridgehead atoms. The SMILES string of the molecule is COC(=O)[C@@H]1CCCN1C(=O)C(NC(=O)OCc1cccc(Cl)c1)C(C)C. The molecule has 1 heterocycles. The first kappa shape index (κ1) is 21.0. The van der Waals surface area contributed by atoms with Crippen molar-refractivity contribution in [2.24, 2.45) is 5.92 Å². The van der Waals surface area contributed by atoms with Crippen LogP contribution < -0.4 is 5.32 Å². The van der Waals surface area contributed by atoms with Crippen LogP contribution in [0.25, 0.3) is 0 Å². The third-order valence-corrected chi connectivity index (χ3v) is 4.71. The summed E-state index contributed by atoms with van der Waals surface area (Å²) in [6, 6.07) is 5.59. The minimum Gasteiger partial charge on any atom is -0.467 e. The molecule has 0 spiro atoms. The average molecular weight is 397 g/mol. The smallest absolute Gasteiger partial charge is 0.408 e. The van der Waals surface area contributed by atoms with Gasteiger partial charge in [0.2, 0.25) is 5.91 Å². The Labute approximate surface area is 163 Å². The first-order valence-electron chi connectivity index (χ1n) is 8.89. The van der Waals surface area contributed by atoms with Gasteiger partial charge >= 0.3 is 12.1 Å². The number of rotatable bonds is 6. The molecule has 2 rings (SSSR count). The van der Waals surface area contributed by atoms with Crippen LogP contribution in [0.2, 0.25) is 5.02 Å². The van der Waals surface area contributed by atoms with Gasteiger partial charge in [0.1, 0.15) is 18.7 Å². The third-order valence-electron chi connectivity index (χ3n) is 4.47. The van der Waals surface area contributed by atoms with Crippen LogP contribution in [0, 0.1) is 5.92 Å². The number of nitrogens with zero attached hydrogens (tertiary/aromatic N) is 1. The van der Waals surface area contributed by atoms with Crippen LogP contribution in [0.1, 0.15) is 32.3 Å². The fourth-order valence-corrected chi connectivity index (χ4v) is 3.26. The fourth-order valence-electron chi connectivity index (χ4n) is 3.05. The van der Waals surface area contributed by atoms with Crippen molar-refractivity contribution in [3.63, 3.8) is 0 Å². The van der Waals surface area contributed by atoms with Crippen molar-refractivity contribution in [1.29, 1.82) is 0 Å². The Balaban J connectivity index is 1.98. The van der Waals surface area contributed by atoms with Crippen LogP contribution in [0.4, 0.5) is 4.79 Å². The highest BCUT2D eigenvalue weighted by Gasteiger charge is 2.39. The maximum Gasteiger partial charge on any atom is 0.408 e. The summed E-state index contributed by atoms with van der Waals surface area (Å²) in [4.78, 5) is 38.5. The second-order valence-electron chi connectivity index (χ2n) is 6.78. The normalized spacial score (nSPS) is 17.5. The van der Waals surface area contributed by atoms with Crippen molar-refractivity contribution >= 4 is 29.6 Å². The second kappa shape index (κ2) is 9.60. The molecule has 27 heavy (non-hydrogen) atoms. The number of halogens is 1. The van der Waals surface area contributed by atoms with E-state index in [-0.39, 0.29) is 18.4 Å². The Kier molecular flexibility index (Phi) is 7.47. The van der Waals surface area contributed by atoms with Gasteiger partial charge in [-0.2, -0.15) is 0 Å². The van der Waals surface area contributed by atoms with Gasteiger partial charge in [0, 0.05) is 11.6 Å². The Morgan fingerprint density at radius 1 is 1.33 bits per heavy atom. The minimum atomic E-state index is -0.790. The van der Waals surface area contributed by atoms with Crippen LogP contribution in [-0.4, -0.2) is 48.6 Å². The van der Waals surface area contributed by atoms with E-state index >= 15 is 0 Å². The van der Waals surface area contributed by atoms with Crippen LogP contribution in [0.15, 0.2) is 24.3 Å². The fraction of sp³-hybridized carbons (Fsp3) is 0.526. The highest BCUT2D eigenvalue weighted by atomic mass is 35.5. The summed E-state index contributed by atoms with van der Waals surface area (Å²) < 4.78 is 9.98. The largest absolute Gasteiger partial charge is 0.467 e. The Morgan fingerprint density at radius 3 is 2.70 bits per heavy atom. The van der Waals surface area contributed by atoms with Gasteiger partial charge in [0.05, 0.1) is 7.11 Å². The number of hydrogen-bond acceptors (Lipinski definition) is 5. The third kappa shape index (κ3) is 5.60. The number of nitrogens with one attached hydrogen (secondary N) is 1. The van der Waals surface area contributed by atoms with E-state index in [1.54, 1.807) is 24.3 Å². The maximum atomic E-state index is 12.9. The molecular formula is C19H25ClN2O5. The number of benzene rings is 1. The Hall–Kier alpha value is -2.28. The number of amides is 2. The molecule has 0 aromatic heterocycles. The first-order valence-corrected chi connectivity index (χ1v) is 9.27. The molecule has 1 aromatic carbocycles. The van der Waals surface area contributed by atoms with Crippen LogP contribution >= 0.6 is 11.6 Å². The van der Waals surface area contributed by atoms with E-state index in [0.29, 0.717) is 18.0 Å². The number of likely N-dealkylation sites (tertiary alicyclic amines) is 1. The molecule has 1 aliphatic rings. The van der Waals surface area contributed by atoms with E-state index in [1.165, 1.54) is 12.0 Å². The molecule has 8 heteroatoms. The van der Waals surface area contributed by atoms with Gasteiger partial charge in [-0.1, -0.05) is 37.6 Å². The van der Waals surface area contributed by atoms with Crippen molar-refractivity contribution in [1.82, 2.24) is 10.2 Å². The summed E-state index contributed by atoms with van der Waals surface area (Å²) in [5.74, 6) is -0.917. The Morgan fingerprint density at radius 2 is 2.07 bits per heavy atom. The zero-order chi connectivity index (χ0) is 20.0. The van der Waals surface area contributed by atoms with Crippen molar-refractivity contribution in [3.05, 3.63) is 34.9 Å². The Bertz CT molecular complexity index is 694. The molecule has 1 aromatic rings. The standard InChI is InChI=1S/C19H25ClN2O5/c1-12(2)16(17(23)22-9-5-8-15(22)18(24)26-3)21-19(25)27-11-13-6-4-7-14(20)10-13/h4,6-7,10,12,15-16H,5,8-9,11H2,1-3H3,(H,21,25)/t15-,16?/m0/s1. The highest BCUT2D eigenvalue weighted by molar-refractivity contribution is 6.30. The molecule has 1 saturated heterocycles. The molecule has 1 aliphatic heterocycles. The maximum absolute atomic E-state index is 12.9. The van der Waals surface area contributed by atoms with Gasteiger partial charge < -0.3 is 19.7 Å². The number of carbonyl (C=O) groups is 3. The van der Waals surface area contributed by atoms with Gasteiger partial charge in [0.15, 0.2) is 0 Å². The zero-order valence-corrected chi connectivity index (χ0v) is 16.5. The van der Waals surface area contributed by atoms with E-state index in [0.717, 1.165) is 12.0 Å². The number of esters is 1. The van der Waals surface area contributed by atoms with E-state index < -0.39 is 24.1 Å². The minimum absolute atomic E-state index is 0.0416. The van der Waals surface area contributed by atoms with Gasteiger partial charge in [-0.25, -0.2) is 9.59 Å². The molecule has 2 atom stereocenters. The number of alkyl carbamates (subject to hydrolysis) is 1. The molecule has 0 aliphatic carbocycles. The molecule has 0 radical (unpaired) electrons. The number of hydrogen-bond donors (Lipinski definition) is 1. The highest BCUT2D eigenvalue weighted by Crippen LogP contribution is 2.21. The van der Waals surface area contributed by atoms with Crippen molar-refractivity contribution < 1.29 is 23.9 Å². The molecule has 148 valence electrons. The van der Waals surface area contributed by atoms with E-state index in [4.69, 9.17) is 21.1 Å². The molecule has 1 unspecified atom stereocenters. The van der Waals surface area contributed by atoms with E-state index in [2.05, 4.69) is 5.32 Å². The summed E-state index contributed by atoms with van der Waals surface area (Å²) >= 11 is 5.91. The summed E-state index contributed by atoms with van der Waals surface area (Å²) in [6.07, 6.45) is 0.577. The van der Waals surface area contributed by atoms with Gasteiger partial charge in [0.25, 0.3) is 0 Å². The first-order chi connectivity index (χ1) is 12.8. The van der Waals surface area contributed by atoms with Gasteiger partial charge in [-0.3, -0.25) is 4.79 Å². The van der Waals surface area contributed by atoms with Crippen LogP contribution in [0.5, 0.6) is 0 Å². The predicted octanol–water partition coefficient (Wildman–Crippen LogP) is 2.75. The number of carbonyl (C=O) groups excluding carboxylic acids is 3. The number of methoxy groups -OCH3 is 1. The lowest BCUT2D eigenvalue weighted by atomic mass is 10.0. The van der Waals surface area contributed by atoms with E-state index in [9.17, 15) is 14.4 Å².